The van der Waals surface area contributed by atoms with Crippen LogP contribution < -0.4 is 10.5 Å². The molecule has 0 amide bonds. The van der Waals surface area contributed by atoms with E-state index in [1.807, 2.05) is 6.92 Å². The first-order chi connectivity index (χ1) is 7.67. The lowest BCUT2D eigenvalue weighted by atomic mass is 10.0. The van der Waals surface area contributed by atoms with E-state index >= 15 is 0 Å². The van der Waals surface area contributed by atoms with Crippen LogP contribution in [0.5, 0.6) is 5.75 Å². The highest BCUT2D eigenvalue weighted by molar-refractivity contribution is 5.22. The van der Waals surface area contributed by atoms with Gasteiger partial charge in [0.25, 0.3) is 0 Å². The molecule has 2 unspecified atom stereocenters. The molecule has 0 radical (unpaired) electrons. The van der Waals surface area contributed by atoms with Crippen LogP contribution in [0, 0.1) is 5.82 Å². The lowest BCUT2D eigenvalue weighted by Gasteiger charge is -2.23. The number of ether oxygens (including phenoxy) is 1. The molecule has 0 saturated heterocycles. The van der Waals surface area contributed by atoms with Gasteiger partial charge in [-0.2, -0.15) is 0 Å². The Balaban J connectivity index is 2.62. The molecule has 0 spiro atoms. The van der Waals surface area contributed by atoms with Gasteiger partial charge < -0.3 is 10.5 Å². The molecule has 90 valence electrons. The quantitative estimate of drug-likeness (QED) is 0.807. The summed E-state index contributed by atoms with van der Waals surface area (Å²) in [6.45, 7) is 4.12. The SMILES string of the molecule is CCCC(N)C(CC)Oc1cccc(F)c1. The summed E-state index contributed by atoms with van der Waals surface area (Å²) in [5.74, 6) is 0.273. The summed E-state index contributed by atoms with van der Waals surface area (Å²) in [5, 5.41) is 0. The van der Waals surface area contributed by atoms with E-state index in [2.05, 4.69) is 6.92 Å². The van der Waals surface area contributed by atoms with Gasteiger partial charge in [0.15, 0.2) is 0 Å². The summed E-state index contributed by atoms with van der Waals surface area (Å²) in [5.41, 5.74) is 6.01. The van der Waals surface area contributed by atoms with E-state index in [0.29, 0.717) is 5.75 Å². The second-order valence-corrected chi connectivity index (χ2v) is 3.97. The largest absolute Gasteiger partial charge is 0.489 e. The molecule has 1 rings (SSSR count). The van der Waals surface area contributed by atoms with E-state index in [4.69, 9.17) is 10.5 Å². The zero-order chi connectivity index (χ0) is 12.0. The van der Waals surface area contributed by atoms with Crippen molar-refractivity contribution in [2.45, 2.75) is 45.3 Å². The third kappa shape index (κ3) is 3.81. The molecule has 0 heterocycles. The summed E-state index contributed by atoms with van der Waals surface area (Å²) in [4.78, 5) is 0. The number of hydrogen-bond donors (Lipinski definition) is 1. The van der Waals surface area contributed by atoms with Gasteiger partial charge in [-0.05, 0) is 25.0 Å². The van der Waals surface area contributed by atoms with Crippen molar-refractivity contribution >= 4 is 0 Å². The van der Waals surface area contributed by atoms with Crippen LogP contribution in [0.25, 0.3) is 0 Å². The molecule has 0 fully saturated rings. The second-order valence-electron chi connectivity index (χ2n) is 3.97. The van der Waals surface area contributed by atoms with Crippen LogP contribution in [0.1, 0.15) is 33.1 Å². The summed E-state index contributed by atoms with van der Waals surface area (Å²) in [7, 11) is 0. The normalized spacial score (nSPS) is 14.5. The van der Waals surface area contributed by atoms with Crippen LogP contribution in [0.3, 0.4) is 0 Å². The fourth-order valence-electron chi connectivity index (χ4n) is 1.71. The van der Waals surface area contributed by atoms with Crippen molar-refractivity contribution in [1.29, 1.82) is 0 Å². The maximum Gasteiger partial charge on any atom is 0.126 e. The molecule has 2 nitrogen and oxygen atoms in total. The first-order valence-electron chi connectivity index (χ1n) is 5.85. The zero-order valence-corrected chi connectivity index (χ0v) is 9.95. The van der Waals surface area contributed by atoms with Gasteiger partial charge in [-0.1, -0.05) is 26.3 Å². The number of rotatable bonds is 6. The molecule has 1 aromatic carbocycles. The van der Waals surface area contributed by atoms with Crippen LogP contribution in [0.2, 0.25) is 0 Å². The Labute approximate surface area is 96.6 Å². The Morgan fingerprint density at radius 2 is 2.12 bits per heavy atom. The molecular weight excluding hydrogens is 205 g/mol. The van der Waals surface area contributed by atoms with E-state index in [-0.39, 0.29) is 18.0 Å². The average molecular weight is 225 g/mol. The van der Waals surface area contributed by atoms with Crippen molar-refractivity contribution in [2.24, 2.45) is 5.73 Å². The first-order valence-corrected chi connectivity index (χ1v) is 5.85. The average Bonchev–Trinajstić information content (AvgIpc) is 2.26. The Kier molecular flexibility index (Phi) is 5.26. The molecule has 3 heteroatoms. The molecule has 1 aromatic rings. The van der Waals surface area contributed by atoms with Crippen molar-refractivity contribution in [2.75, 3.05) is 0 Å². The summed E-state index contributed by atoms with van der Waals surface area (Å²) < 4.78 is 18.7. The van der Waals surface area contributed by atoms with Gasteiger partial charge in [-0.15, -0.1) is 0 Å². The topological polar surface area (TPSA) is 35.2 Å². The number of benzene rings is 1. The molecule has 0 aromatic heterocycles. The summed E-state index contributed by atoms with van der Waals surface area (Å²) in [6.07, 6.45) is 2.75. The van der Waals surface area contributed by atoms with E-state index in [0.717, 1.165) is 19.3 Å². The van der Waals surface area contributed by atoms with Crippen LogP contribution in [0.15, 0.2) is 24.3 Å². The minimum absolute atomic E-state index is 0.0123. The van der Waals surface area contributed by atoms with Gasteiger partial charge >= 0.3 is 0 Å². The smallest absolute Gasteiger partial charge is 0.126 e. The van der Waals surface area contributed by atoms with Crippen LogP contribution in [-0.2, 0) is 0 Å². The number of hydrogen-bond acceptors (Lipinski definition) is 2. The Morgan fingerprint density at radius 1 is 1.38 bits per heavy atom. The minimum atomic E-state index is -0.281. The standard InChI is InChI=1S/C13H20FNO/c1-3-6-12(15)13(4-2)16-11-8-5-7-10(14)9-11/h5,7-9,12-13H,3-4,6,15H2,1-2H3. The molecule has 0 bridgehead atoms. The Morgan fingerprint density at radius 3 is 2.69 bits per heavy atom. The van der Waals surface area contributed by atoms with Crippen molar-refractivity contribution in [3.8, 4) is 5.75 Å². The predicted molar refractivity (Wildman–Crippen MR) is 64.0 cm³/mol. The number of halogens is 1. The van der Waals surface area contributed by atoms with Gasteiger partial charge in [0, 0.05) is 12.1 Å². The lowest BCUT2D eigenvalue weighted by molar-refractivity contribution is 0.161. The lowest BCUT2D eigenvalue weighted by Crippen LogP contribution is -2.38. The van der Waals surface area contributed by atoms with Gasteiger partial charge in [0.1, 0.15) is 17.7 Å². The fraction of sp³-hybridized carbons (Fsp3) is 0.538. The highest BCUT2D eigenvalue weighted by atomic mass is 19.1. The molecule has 0 aliphatic carbocycles. The van der Waals surface area contributed by atoms with E-state index in [1.54, 1.807) is 12.1 Å². The van der Waals surface area contributed by atoms with Crippen LogP contribution in [-0.4, -0.2) is 12.1 Å². The molecule has 2 N–H and O–H groups in total. The fourth-order valence-corrected chi connectivity index (χ4v) is 1.71. The van der Waals surface area contributed by atoms with E-state index in [9.17, 15) is 4.39 Å². The van der Waals surface area contributed by atoms with Crippen LogP contribution in [0.4, 0.5) is 4.39 Å². The monoisotopic (exact) mass is 225 g/mol. The highest BCUT2D eigenvalue weighted by Gasteiger charge is 2.16. The van der Waals surface area contributed by atoms with Crippen molar-refractivity contribution in [3.05, 3.63) is 30.1 Å². The minimum Gasteiger partial charge on any atom is -0.489 e. The highest BCUT2D eigenvalue weighted by Crippen LogP contribution is 2.17. The summed E-state index contributed by atoms with van der Waals surface area (Å²) >= 11 is 0. The molecule has 16 heavy (non-hydrogen) atoms. The number of nitrogens with two attached hydrogens (primary N) is 1. The van der Waals surface area contributed by atoms with Crippen molar-refractivity contribution in [1.82, 2.24) is 0 Å². The summed E-state index contributed by atoms with van der Waals surface area (Å²) in [6, 6.07) is 6.20. The van der Waals surface area contributed by atoms with Gasteiger partial charge in [0.05, 0.1) is 0 Å². The maximum atomic E-state index is 13.0. The molecule has 0 saturated carbocycles. The zero-order valence-electron chi connectivity index (χ0n) is 9.95. The van der Waals surface area contributed by atoms with Gasteiger partial charge in [0.2, 0.25) is 0 Å². The van der Waals surface area contributed by atoms with Gasteiger partial charge in [-0.25, -0.2) is 4.39 Å². The molecule has 0 aliphatic rings. The maximum absolute atomic E-state index is 13.0. The molecule has 0 aliphatic heterocycles. The molecule has 2 atom stereocenters. The van der Waals surface area contributed by atoms with E-state index in [1.165, 1.54) is 12.1 Å². The Hall–Kier alpha value is -1.09. The second kappa shape index (κ2) is 6.48. The predicted octanol–water partition coefficient (Wildman–Crippen LogP) is 3.11. The van der Waals surface area contributed by atoms with Crippen molar-refractivity contribution in [3.63, 3.8) is 0 Å². The first kappa shape index (κ1) is 13.0. The third-order valence-electron chi connectivity index (χ3n) is 2.59. The van der Waals surface area contributed by atoms with Crippen LogP contribution >= 0.6 is 0 Å². The van der Waals surface area contributed by atoms with Gasteiger partial charge in [-0.3, -0.25) is 0 Å². The Bertz CT molecular complexity index is 317. The third-order valence-corrected chi connectivity index (χ3v) is 2.59. The van der Waals surface area contributed by atoms with Crippen molar-refractivity contribution < 1.29 is 9.13 Å². The van der Waals surface area contributed by atoms with E-state index < -0.39 is 0 Å². The molecular formula is C13H20FNO.